The van der Waals surface area contributed by atoms with E-state index in [0.717, 1.165) is 16.7 Å². The lowest BCUT2D eigenvalue weighted by molar-refractivity contribution is -0.145. The highest BCUT2D eigenvalue weighted by atomic mass is 16.6. The molecular formula is C29H32N2O5. The first-order chi connectivity index (χ1) is 17.2. The van der Waals surface area contributed by atoms with Crippen LogP contribution in [0.2, 0.25) is 0 Å². The Labute approximate surface area is 211 Å². The average molecular weight is 489 g/mol. The summed E-state index contributed by atoms with van der Waals surface area (Å²) in [6.45, 7) is 5.13. The normalized spacial score (nSPS) is 12.2. The highest BCUT2D eigenvalue weighted by Gasteiger charge is 2.39. The Morgan fingerprint density at radius 2 is 1.17 bits per heavy atom. The first-order valence-electron chi connectivity index (χ1n) is 11.7. The van der Waals surface area contributed by atoms with Gasteiger partial charge in [-0.25, -0.2) is 9.59 Å². The van der Waals surface area contributed by atoms with Gasteiger partial charge in [-0.3, -0.25) is 4.79 Å². The minimum Gasteiger partial charge on any atom is -0.467 e. The lowest BCUT2D eigenvalue weighted by Crippen LogP contribution is -2.51. The molecule has 7 nitrogen and oxygen atoms in total. The first kappa shape index (κ1) is 26.5. The summed E-state index contributed by atoms with van der Waals surface area (Å²) in [7, 11) is 1.20. The Hall–Kier alpha value is -4.13. The Morgan fingerprint density at radius 3 is 1.53 bits per heavy atom. The molecule has 2 N–H and O–H groups in total. The van der Waals surface area contributed by atoms with Gasteiger partial charge in [0.2, 0.25) is 5.91 Å². The van der Waals surface area contributed by atoms with Crippen LogP contribution in [0.4, 0.5) is 4.79 Å². The van der Waals surface area contributed by atoms with E-state index in [1.54, 1.807) is 20.8 Å². The van der Waals surface area contributed by atoms with Gasteiger partial charge in [0.05, 0.1) is 13.5 Å². The summed E-state index contributed by atoms with van der Waals surface area (Å²) in [5.41, 5.74) is 0.699. The van der Waals surface area contributed by atoms with Crippen LogP contribution in [0.1, 0.15) is 43.9 Å². The van der Waals surface area contributed by atoms with Crippen LogP contribution >= 0.6 is 0 Å². The molecule has 0 aliphatic rings. The largest absolute Gasteiger partial charge is 0.467 e. The molecule has 0 heterocycles. The molecule has 7 heteroatoms. The fraction of sp³-hybridized carbons (Fsp3) is 0.276. The van der Waals surface area contributed by atoms with Crippen molar-refractivity contribution < 1.29 is 23.9 Å². The van der Waals surface area contributed by atoms with Gasteiger partial charge in [-0.05, 0) is 37.5 Å². The molecule has 3 aromatic rings. The zero-order valence-corrected chi connectivity index (χ0v) is 21.0. The Balaban J connectivity index is 2.01. The number of benzene rings is 3. The lowest BCUT2D eigenvalue weighted by Gasteiger charge is -2.37. The molecule has 0 spiro atoms. The standard InChI is InChI=1S/C29H32N2O5/c1-28(2,3)36-27(34)30-24(26(33)35-4)20-25(32)31-29(21-14-8-5-9-15-21,22-16-10-6-11-17-22)23-18-12-7-13-19-23/h5-19,24H,20H2,1-4H3,(H,30,34)(H,31,32)/t24-/m0/s1. The number of amides is 2. The molecule has 0 aliphatic carbocycles. The number of hydrogen-bond donors (Lipinski definition) is 2. The molecule has 0 saturated carbocycles. The third kappa shape index (κ3) is 6.50. The van der Waals surface area contributed by atoms with E-state index < -0.39 is 35.2 Å². The monoisotopic (exact) mass is 488 g/mol. The number of hydrogen-bond acceptors (Lipinski definition) is 5. The molecule has 1 atom stereocenters. The van der Waals surface area contributed by atoms with Crippen molar-refractivity contribution in [1.29, 1.82) is 0 Å². The molecule has 0 saturated heterocycles. The van der Waals surface area contributed by atoms with Crippen molar-refractivity contribution in [2.24, 2.45) is 0 Å². The van der Waals surface area contributed by atoms with Crippen molar-refractivity contribution in [3.8, 4) is 0 Å². The highest BCUT2D eigenvalue weighted by molar-refractivity contribution is 5.89. The van der Waals surface area contributed by atoms with Crippen LogP contribution < -0.4 is 10.6 Å². The topological polar surface area (TPSA) is 93.7 Å². The second-order valence-corrected chi connectivity index (χ2v) is 9.32. The van der Waals surface area contributed by atoms with Gasteiger partial charge in [0.1, 0.15) is 17.2 Å². The van der Waals surface area contributed by atoms with Crippen LogP contribution in [0, 0.1) is 0 Å². The summed E-state index contributed by atoms with van der Waals surface area (Å²) in [6, 6.07) is 27.6. The number of ether oxygens (including phenoxy) is 2. The number of esters is 1. The van der Waals surface area contributed by atoms with Gasteiger partial charge in [0.25, 0.3) is 0 Å². The fourth-order valence-electron chi connectivity index (χ4n) is 4.01. The van der Waals surface area contributed by atoms with E-state index in [1.807, 2.05) is 91.0 Å². The van der Waals surface area contributed by atoms with E-state index >= 15 is 0 Å². The first-order valence-corrected chi connectivity index (χ1v) is 11.7. The molecule has 3 aromatic carbocycles. The number of nitrogens with one attached hydrogen (secondary N) is 2. The van der Waals surface area contributed by atoms with Crippen LogP contribution in [0.3, 0.4) is 0 Å². The molecule has 188 valence electrons. The minimum absolute atomic E-state index is 0.347. The third-order valence-corrected chi connectivity index (χ3v) is 5.51. The molecule has 2 amide bonds. The van der Waals surface area contributed by atoms with Crippen molar-refractivity contribution in [3.05, 3.63) is 108 Å². The molecule has 3 rings (SSSR count). The van der Waals surface area contributed by atoms with Gasteiger partial charge in [0.15, 0.2) is 0 Å². The van der Waals surface area contributed by atoms with E-state index in [4.69, 9.17) is 9.47 Å². The Kier molecular flexibility index (Phi) is 8.48. The van der Waals surface area contributed by atoms with Crippen molar-refractivity contribution in [3.63, 3.8) is 0 Å². The molecular weight excluding hydrogens is 456 g/mol. The summed E-state index contributed by atoms with van der Waals surface area (Å²) >= 11 is 0. The fourth-order valence-corrected chi connectivity index (χ4v) is 4.01. The van der Waals surface area contributed by atoms with Crippen LogP contribution in [0.25, 0.3) is 0 Å². The molecule has 0 aromatic heterocycles. The van der Waals surface area contributed by atoms with Gasteiger partial charge in [-0.2, -0.15) is 0 Å². The maximum absolute atomic E-state index is 13.6. The van der Waals surface area contributed by atoms with Crippen molar-refractivity contribution in [2.45, 2.75) is 44.4 Å². The van der Waals surface area contributed by atoms with Crippen LogP contribution in [0.5, 0.6) is 0 Å². The van der Waals surface area contributed by atoms with Gasteiger partial charge in [-0.15, -0.1) is 0 Å². The second kappa shape index (κ2) is 11.5. The quantitative estimate of drug-likeness (QED) is 0.358. The number of methoxy groups -OCH3 is 1. The van der Waals surface area contributed by atoms with Crippen molar-refractivity contribution >= 4 is 18.0 Å². The zero-order valence-electron chi connectivity index (χ0n) is 21.0. The number of carbonyl (C=O) groups excluding carboxylic acids is 3. The average Bonchev–Trinajstić information content (AvgIpc) is 2.87. The maximum Gasteiger partial charge on any atom is 0.408 e. The Morgan fingerprint density at radius 1 is 0.750 bits per heavy atom. The lowest BCUT2D eigenvalue weighted by atomic mass is 9.77. The van der Waals surface area contributed by atoms with E-state index in [-0.39, 0.29) is 6.42 Å². The number of alkyl carbamates (subject to hydrolysis) is 1. The summed E-state index contributed by atoms with van der Waals surface area (Å²) in [5, 5.41) is 5.64. The smallest absolute Gasteiger partial charge is 0.408 e. The SMILES string of the molecule is COC(=O)[C@H](CC(=O)NC(c1ccccc1)(c1ccccc1)c1ccccc1)NC(=O)OC(C)(C)C. The highest BCUT2D eigenvalue weighted by Crippen LogP contribution is 2.36. The molecule has 0 bridgehead atoms. The van der Waals surface area contributed by atoms with Gasteiger partial charge < -0.3 is 20.1 Å². The minimum atomic E-state index is -1.23. The van der Waals surface area contributed by atoms with Crippen molar-refractivity contribution in [1.82, 2.24) is 10.6 Å². The zero-order chi connectivity index (χ0) is 26.2. The predicted octanol–water partition coefficient (Wildman–Crippen LogP) is 4.55. The number of carbonyl (C=O) groups is 3. The van der Waals surface area contributed by atoms with E-state index in [0.29, 0.717) is 0 Å². The maximum atomic E-state index is 13.6. The van der Waals surface area contributed by atoms with E-state index in [2.05, 4.69) is 10.6 Å². The predicted molar refractivity (Wildman–Crippen MR) is 137 cm³/mol. The van der Waals surface area contributed by atoms with Crippen LogP contribution in [0.15, 0.2) is 91.0 Å². The molecule has 0 aliphatic heterocycles. The van der Waals surface area contributed by atoms with Crippen LogP contribution in [-0.2, 0) is 24.6 Å². The van der Waals surface area contributed by atoms with Crippen molar-refractivity contribution in [2.75, 3.05) is 7.11 Å². The van der Waals surface area contributed by atoms with Gasteiger partial charge in [0, 0.05) is 0 Å². The molecule has 0 unspecified atom stereocenters. The van der Waals surface area contributed by atoms with Gasteiger partial charge in [-0.1, -0.05) is 91.0 Å². The molecule has 0 fully saturated rings. The summed E-state index contributed by atoms with van der Waals surface area (Å²) in [6.07, 6.45) is -1.16. The van der Waals surface area contributed by atoms with E-state index in [9.17, 15) is 14.4 Å². The molecule has 0 radical (unpaired) electrons. The summed E-state index contributed by atoms with van der Waals surface area (Å²) in [5.74, 6) is -1.21. The molecule has 36 heavy (non-hydrogen) atoms. The van der Waals surface area contributed by atoms with E-state index in [1.165, 1.54) is 7.11 Å². The number of rotatable bonds is 8. The summed E-state index contributed by atoms with van der Waals surface area (Å²) in [4.78, 5) is 38.4. The third-order valence-electron chi connectivity index (χ3n) is 5.51. The second-order valence-electron chi connectivity index (χ2n) is 9.32. The van der Waals surface area contributed by atoms with Crippen LogP contribution in [-0.4, -0.2) is 36.7 Å². The Bertz CT molecular complexity index is 1060. The van der Waals surface area contributed by atoms with Gasteiger partial charge >= 0.3 is 12.1 Å². The summed E-state index contributed by atoms with van der Waals surface area (Å²) < 4.78 is 10.1.